The highest BCUT2D eigenvalue weighted by molar-refractivity contribution is 7.92. The Hall–Kier alpha value is -3.76. The molecule has 9 nitrogen and oxygen atoms in total. The summed E-state index contributed by atoms with van der Waals surface area (Å²) in [6.07, 6.45) is 0.849. The Morgan fingerprint density at radius 2 is 1.59 bits per heavy atom. The van der Waals surface area contributed by atoms with E-state index in [1.807, 2.05) is 37.3 Å². The molecule has 3 aromatic carbocycles. The van der Waals surface area contributed by atoms with Gasteiger partial charge in [0.25, 0.3) is 10.0 Å². The van der Waals surface area contributed by atoms with Crippen molar-refractivity contribution in [3.63, 3.8) is 0 Å². The first-order chi connectivity index (χ1) is 19.7. The summed E-state index contributed by atoms with van der Waals surface area (Å²) in [5.41, 5.74) is 1.23. The van der Waals surface area contributed by atoms with Gasteiger partial charge in [0, 0.05) is 24.2 Å². The summed E-state index contributed by atoms with van der Waals surface area (Å²) in [7, 11) is -1.42. The van der Waals surface area contributed by atoms with Gasteiger partial charge in [0.15, 0.2) is 11.5 Å². The third-order valence-electron chi connectivity index (χ3n) is 6.56. The molecule has 3 aromatic rings. The fourth-order valence-electron chi connectivity index (χ4n) is 4.43. The number of nitrogens with one attached hydrogen (secondary N) is 1. The predicted octanol–water partition coefficient (Wildman–Crippen LogP) is 4.54. The maximum Gasteiger partial charge on any atom is 0.264 e. The Morgan fingerprint density at radius 1 is 0.927 bits per heavy atom. The van der Waals surface area contributed by atoms with Gasteiger partial charge in [-0.25, -0.2) is 8.42 Å². The number of rotatable bonds is 14. The molecule has 1 N–H and O–H groups in total. The van der Waals surface area contributed by atoms with Gasteiger partial charge in [0.05, 0.1) is 24.8 Å². The highest BCUT2D eigenvalue weighted by Crippen LogP contribution is 2.32. The third-order valence-corrected chi connectivity index (χ3v) is 8.58. The normalized spacial score (nSPS) is 11.8. The zero-order valence-corrected chi connectivity index (χ0v) is 25.2. The molecule has 0 aliphatic rings. The highest BCUT2D eigenvalue weighted by Gasteiger charge is 2.33. The van der Waals surface area contributed by atoms with Crippen LogP contribution in [0.25, 0.3) is 0 Å². The van der Waals surface area contributed by atoms with E-state index in [0.717, 1.165) is 9.87 Å². The fraction of sp³-hybridized carbons (Fsp3) is 0.333. The van der Waals surface area contributed by atoms with E-state index in [-0.39, 0.29) is 28.8 Å². The molecule has 0 unspecified atom stereocenters. The lowest BCUT2D eigenvalue weighted by Crippen LogP contribution is -2.53. The fourth-order valence-corrected chi connectivity index (χ4v) is 5.98. The summed E-state index contributed by atoms with van der Waals surface area (Å²) in [6, 6.07) is 19.2. The minimum absolute atomic E-state index is 0.0931. The molecule has 41 heavy (non-hydrogen) atoms. The molecule has 0 saturated carbocycles. The molecule has 1 atom stereocenters. The van der Waals surface area contributed by atoms with E-state index in [1.54, 1.807) is 19.1 Å². The summed E-state index contributed by atoms with van der Waals surface area (Å²) < 4.78 is 39.7. The maximum absolute atomic E-state index is 14.0. The number of sulfonamides is 1. The standard InChI is InChI=1S/C30H36ClN3O6S/c1-5-26(30(36)32-6-2)33(19-18-22-10-8-7-9-11-22)29(35)21-34(24-14-12-23(31)13-15-24)41(37,38)25-16-17-27(39-3)28(20-25)40-4/h7-17,20,26H,5-6,18-19,21H2,1-4H3,(H,32,36)/t26-/m1/s1. The van der Waals surface area contributed by atoms with Gasteiger partial charge in [-0.2, -0.15) is 0 Å². The topological polar surface area (TPSA) is 105 Å². The minimum Gasteiger partial charge on any atom is -0.493 e. The van der Waals surface area contributed by atoms with Crippen LogP contribution < -0.4 is 19.1 Å². The number of benzene rings is 3. The molecule has 3 rings (SSSR count). The number of likely N-dealkylation sites (N-methyl/N-ethyl adjacent to an activating group) is 1. The lowest BCUT2D eigenvalue weighted by molar-refractivity contribution is -0.139. The van der Waals surface area contributed by atoms with Crippen molar-refractivity contribution in [2.75, 3.05) is 38.2 Å². The largest absolute Gasteiger partial charge is 0.493 e. The summed E-state index contributed by atoms with van der Waals surface area (Å²) >= 11 is 6.08. The second-order valence-corrected chi connectivity index (χ2v) is 11.4. The molecule has 0 radical (unpaired) electrons. The molecule has 0 aliphatic carbocycles. The molecule has 0 heterocycles. The van der Waals surface area contributed by atoms with Crippen LogP contribution in [0.1, 0.15) is 25.8 Å². The Morgan fingerprint density at radius 3 is 2.17 bits per heavy atom. The van der Waals surface area contributed by atoms with Crippen LogP contribution in [0.2, 0.25) is 5.02 Å². The van der Waals surface area contributed by atoms with Crippen LogP contribution in [0.3, 0.4) is 0 Å². The van der Waals surface area contributed by atoms with Crippen molar-refractivity contribution in [2.45, 2.75) is 37.6 Å². The number of amides is 2. The number of carbonyl (C=O) groups is 2. The van der Waals surface area contributed by atoms with Crippen LogP contribution in [0.4, 0.5) is 5.69 Å². The second-order valence-electron chi connectivity index (χ2n) is 9.15. The number of methoxy groups -OCH3 is 2. The minimum atomic E-state index is -4.28. The first-order valence-corrected chi connectivity index (χ1v) is 15.1. The van der Waals surface area contributed by atoms with E-state index in [0.29, 0.717) is 30.2 Å². The molecule has 0 aromatic heterocycles. The number of nitrogens with zero attached hydrogens (tertiary/aromatic N) is 2. The first-order valence-electron chi connectivity index (χ1n) is 13.3. The second kappa shape index (κ2) is 14.7. The number of ether oxygens (including phenoxy) is 2. The van der Waals surface area contributed by atoms with Crippen molar-refractivity contribution in [1.82, 2.24) is 10.2 Å². The smallest absolute Gasteiger partial charge is 0.264 e. The predicted molar refractivity (Wildman–Crippen MR) is 160 cm³/mol. The van der Waals surface area contributed by atoms with Crippen LogP contribution in [0.15, 0.2) is 77.7 Å². The van der Waals surface area contributed by atoms with Crippen molar-refractivity contribution in [1.29, 1.82) is 0 Å². The third kappa shape index (κ3) is 7.92. The Labute approximate surface area is 247 Å². The van der Waals surface area contributed by atoms with E-state index in [4.69, 9.17) is 21.1 Å². The Balaban J connectivity index is 2.04. The number of hydrogen-bond acceptors (Lipinski definition) is 6. The van der Waals surface area contributed by atoms with Crippen molar-refractivity contribution in [2.24, 2.45) is 0 Å². The van der Waals surface area contributed by atoms with E-state index < -0.39 is 28.5 Å². The molecule has 0 bridgehead atoms. The van der Waals surface area contributed by atoms with Crippen LogP contribution >= 0.6 is 11.6 Å². The molecular weight excluding hydrogens is 566 g/mol. The SMILES string of the molecule is CCNC(=O)[C@@H](CC)N(CCc1ccccc1)C(=O)CN(c1ccc(Cl)cc1)S(=O)(=O)c1ccc(OC)c(OC)c1. The van der Waals surface area contributed by atoms with E-state index >= 15 is 0 Å². The first kappa shape index (κ1) is 31.8. The lowest BCUT2D eigenvalue weighted by atomic mass is 10.1. The van der Waals surface area contributed by atoms with Crippen molar-refractivity contribution in [3.05, 3.63) is 83.4 Å². The van der Waals surface area contributed by atoms with Crippen LogP contribution in [0, 0.1) is 0 Å². The van der Waals surface area contributed by atoms with E-state index in [2.05, 4.69) is 5.32 Å². The molecule has 0 spiro atoms. The number of anilines is 1. The van der Waals surface area contributed by atoms with Gasteiger partial charge in [0.2, 0.25) is 11.8 Å². The summed E-state index contributed by atoms with van der Waals surface area (Å²) in [6.45, 7) is 3.71. The van der Waals surface area contributed by atoms with Gasteiger partial charge in [-0.1, -0.05) is 48.9 Å². The number of halogens is 1. The average Bonchev–Trinajstić information content (AvgIpc) is 2.98. The molecule has 0 fully saturated rings. The molecule has 11 heteroatoms. The van der Waals surface area contributed by atoms with Crippen LogP contribution in [-0.4, -0.2) is 65.0 Å². The van der Waals surface area contributed by atoms with Gasteiger partial charge in [0.1, 0.15) is 12.6 Å². The summed E-state index contributed by atoms with van der Waals surface area (Å²) in [4.78, 5) is 28.4. The van der Waals surface area contributed by atoms with Crippen molar-refractivity contribution in [3.8, 4) is 11.5 Å². The number of hydrogen-bond donors (Lipinski definition) is 1. The van der Waals surface area contributed by atoms with Crippen molar-refractivity contribution < 1.29 is 27.5 Å². The van der Waals surface area contributed by atoms with Gasteiger partial charge in [-0.05, 0) is 61.7 Å². The summed E-state index contributed by atoms with van der Waals surface area (Å²) in [5, 5.41) is 3.21. The maximum atomic E-state index is 14.0. The molecule has 0 saturated heterocycles. The average molecular weight is 602 g/mol. The van der Waals surface area contributed by atoms with Gasteiger partial charge < -0.3 is 19.7 Å². The Bertz CT molecular complexity index is 1420. The highest BCUT2D eigenvalue weighted by atomic mass is 35.5. The summed E-state index contributed by atoms with van der Waals surface area (Å²) in [5.74, 6) is -0.224. The quantitative estimate of drug-likeness (QED) is 0.291. The monoisotopic (exact) mass is 601 g/mol. The van der Waals surface area contributed by atoms with Crippen LogP contribution in [0.5, 0.6) is 11.5 Å². The molecule has 0 aliphatic heterocycles. The molecule has 2 amide bonds. The van der Waals surface area contributed by atoms with Gasteiger partial charge >= 0.3 is 0 Å². The Kier molecular flexibility index (Phi) is 11.4. The van der Waals surface area contributed by atoms with Gasteiger partial charge in [-0.15, -0.1) is 0 Å². The van der Waals surface area contributed by atoms with Gasteiger partial charge in [-0.3, -0.25) is 13.9 Å². The number of carbonyl (C=O) groups excluding carboxylic acids is 2. The van der Waals surface area contributed by atoms with E-state index in [9.17, 15) is 18.0 Å². The lowest BCUT2D eigenvalue weighted by Gasteiger charge is -2.33. The van der Waals surface area contributed by atoms with Crippen LogP contribution in [-0.2, 0) is 26.0 Å². The zero-order chi connectivity index (χ0) is 30.0. The van der Waals surface area contributed by atoms with Crippen molar-refractivity contribution >= 4 is 39.1 Å². The zero-order valence-electron chi connectivity index (χ0n) is 23.7. The van der Waals surface area contributed by atoms with E-state index in [1.165, 1.54) is 49.5 Å². The molecular formula is C30H36ClN3O6S. The molecule has 220 valence electrons.